The zero-order chi connectivity index (χ0) is 9.68. The van der Waals surface area contributed by atoms with E-state index in [4.69, 9.17) is 20.3 Å². The monoisotopic (exact) mass is 189 g/mol. The minimum Gasteiger partial charge on any atom is -0.395 e. The second kappa shape index (κ2) is 5.54. The molecule has 0 aromatic carbocycles. The van der Waals surface area contributed by atoms with Gasteiger partial charge in [0.1, 0.15) is 0 Å². The maximum absolute atomic E-state index is 8.79. The van der Waals surface area contributed by atoms with Crippen LogP contribution in [0.4, 0.5) is 0 Å². The van der Waals surface area contributed by atoms with E-state index in [0.29, 0.717) is 0 Å². The van der Waals surface area contributed by atoms with Crippen molar-refractivity contribution in [1.29, 1.82) is 0 Å². The van der Waals surface area contributed by atoms with Gasteiger partial charge in [0.25, 0.3) is 0 Å². The van der Waals surface area contributed by atoms with E-state index in [0.717, 1.165) is 25.9 Å². The Labute approximate surface area is 79.0 Å². The van der Waals surface area contributed by atoms with Crippen molar-refractivity contribution in [2.24, 2.45) is 5.73 Å². The summed E-state index contributed by atoms with van der Waals surface area (Å²) < 4.78 is 10.9. The minimum atomic E-state index is -0.314. The summed E-state index contributed by atoms with van der Waals surface area (Å²) in [6.07, 6.45) is 2.92. The quantitative estimate of drug-likeness (QED) is 0.665. The molecule has 0 spiro atoms. The van der Waals surface area contributed by atoms with Gasteiger partial charge in [0, 0.05) is 6.61 Å². The van der Waals surface area contributed by atoms with E-state index < -0.39 is 0 Å². The maximum atomic E-state index is 8.79. The van der Waals surface area contributed by atoms with Gasteiger partial charge in [-0.2, -0.15) is 0 Å². The molecule has 0 aromatic rings. The van der Waals surface area contributed by atoms with Gasteiger partial charge >= 0.3 is 0 Å². The normalized spacial score (nSPS) is 28.4. The fourth-order valence-corrected chi connectivity index (χ4v) is 1.31. The Hall–Kier alpha value is -0.160. The van der Waals surface area contributed by atoms with Crippen LogP contribution in [0.1, 0.15) is 26.2 Å². The molecular weight excluding hydrogens is 170 g/mol. The van der Waals surface area contributed by atoms with Gasteiger partial charge in [-0.15, -0.1) is 0 Å². The Morgan fingerprint density at radius 2 is 2.38 bits per heavy atom. The van der Waals surface area contributed by atoms with Crippen LogP contribution in [0.25, 0.3) is 0 Å². The van der Waals surface area contributed by atoms with Crippen molar-refractivity contribution in [2.75, 3.05) is 13.2 Å². The molecule has 0 bridgehead atoms. The Morgan fingerprint density at radius 3 is 2.92 bits per heavy atom. The average Bonchev–Trinajstić information content (AvgIpc) is 2.18. The molecule has 3 atom stereocenters. The van der Waals surface area contributed by atoms with Gasteiger partial charge in [-0.05, 0) is 26.2 Å². The number of aliphatic hydroxyl groups is 1. The highest BCUT2D eigenvalue weighted by atomic mass is 16.7. The van der Waals surface area contributed by atoms with Crippen LogP contribution in [0.5, 0.6) is 0 Å². The van der Waals surface area contributed by atoms with Crippen LogP contribution in [0.3, 0.4) is 0 Å². The summed E-state index contributed by atoms with van der Waals surface area (Å²) in [6.45, 7) is 2.58. The highest BCUT2D eigenvalue weighted by Crippen LogP contribution is 2.15. The molecule has 0 amide bonds. The standard InChI is InChI=1S/C9H19NO3/c1-7(8(10)6-11)13-9-4-2-3-5-12-9/h7-9,11H,2-6,10H2,1H3/t7-,8+,9?/m0/s1. The van der Waals surface area contributed by atoms with Crippen LogP contribution in [0, 0.1) is 0 Å². The lowest BCUT2D eigenvalue weighted by molar-refractivity contribution is -0.189. The topological polar surface area (TPSA) is 64.7 Å². The summed E-state index contributed by atoms with van der Waals surface area (Å²) >= 11 is 0. The molecule has 1 aliphatic rings. The lowest BCUT2D eigenvalue weighted by Crippen LogP contribution is -2.41. The molecule has 1 fully saturated rings. The van der Waals surface area contributed by atoms with Gasteiger partial charge in [-0.1, -0.05) is 0 Å². The smallest absolute Gasteiger partial charge is 0.158 e. The molecule has 13 heavy (non-hydrogen) atoms. The molecule has 78 valence electrons. The fraction of sp³-hybridized carbons (Fsp3) is 1.00. The number of hydrogen-bond donors (Lipinski definition) is 2. The first-order valence-corrected chi connectivity index (χ1v) is 4.87. The van der Waals surface area contributed by atoms with E-state index in [1.165, 1.54) is 0 Å². The second-order valence-corrected chi connectivity index (χ2v) is 3.48. The molecule has 0 radical (unpaired) electrons. The summed E-state index contributed by atoms with van der Waals surface area (Å²) in [4.78, 5) is 0. The molecule has 0 aromatic heterocycles. The van der Waals surface area contributed by atoms with Crippen LogP contribution < -0.4 is 5.73 Å². The Balaban J connectivity index is 2.21. The zero-order valence-electron chi connectivity index (χ0n) is 8.11. The van der Waals surface area contributed by atoms with Gasteiger partial charge < -0.3 is 20.3 Å². The lowest BCUT2D eigenvalue weighted by atomic mass is 10.2. The highest BCUT2D eigenvalue weighted by Gasteiger charge is 2.20. The third-order valence-electron chi connectivity index (χ3n) is 2.32. The molecule has 0 saturated carbocycles. The first-order chi connectivity index (χ1) is 6.24. The fourth-order valence-electron chi connectivity index (χ4n) is 1.31. The van der Waals surface area contributed by atoms with E-state index in [9.17, 15) is 0 Å². The predicted molar refractivity (Wildman–Crippen MR) is 49.2 cm³/mol. The van der Waals surface area contributed by atoms with Crippen molar-refractivity contribution >= 4 is 0 Å². The summed E-state index contributed by atoms with van der Waals surface area (Å²) in [5, 5.41) is 8.79. The molecule has 3 N–H and O–H groups in total. The third kappa shape index (κ3) is 3.60. The van der Waals surface area contributed by atoms with E-state index in [1.54, 1.807) is 0 Å². The van der Waals surface area contributed by atoms with Crippen LogP contribution in [-0.4, -0.2) is 36.8 Å². The highest BCUT2D eigenvalue weighted by molar-refractivity contribution is 4.68. The van der Waals surface area contributed by atoms with E-state index in [2.05, 4.69) is 0 Å². The lowest BCUT2D eigenvalue weighted by Gasteiger charge is -2.28. The first kappa shape index (κ1) is 10.9. The van der Waals surface area contributed by atoms with Crippen LogP contribution in [0.15, 0.2) is 0 Å². The first-order valence-electron chi connectivity index (χ1n) is 4.87. The molecule has 1 aliphatic heterocycles. The van der Waals surface area contributed by atoms with E-state index >= 15 is 0 Å². The number of hydrogen-bond acceptors (Lipinski definition) is 4. The summed E-state index contributed by atoms with van der Waals surface area (Å²) in [6, 6.07) is -0.314. The molecule has 1 heterocycles. The molecule has 1 unspecified atom stereocenters. The van der Waals surface area contributed by atoms with Gasteiger partial charge in [0.05, 0.1) is 18.8 Å². The third-order valence-corrected chi connectivity index (χ3v) is 2.32. The van der Waals surface area contributed by atoms with Gasteiger partial charge in [-0.25, -0.2) is 0 Å². The Kier molecular flexibility index (Phi) is 4.66. The van der Waals surface area contributed by atoms with Crippen molar-refractivity contribution in [2.45, 2.75) is 44.6 Å². The molecular formula is C9H19NO3. The maximum Gasteiger partial charge on any atom is 0.158 e. The SMILES string of the molecule is C[C@H](OC1CCCCO1)[C@H](N)CO. The molecule has 0 aliphatic carbocycles. The van der Waals surface area contributed by atoms with Crippen molar-refractivity contribution in [3.63, 3.8) is 0 Å². The van der Waals surface area contributed by atoms with Crippen molar-refractivity contribution in [1.82, 2.24) is 0 Å². The molecule has 4 heteroatoms. The van der Waals surface area contributed by atoms with Crippen molar-refractivity contribution in [3.05, 3.63) is 0 Å². The Bertz CT molecular complexity index is 137. The predicted octanol–water partition coefficient (Wildman–Crippen LogP) is 0.238. The van der Waals surface area contributed by atoms with E-state index in [-0.39, 0.29) is 25.0 Å². The number of aliphatic hydroxyl groups excluding tert-OH is 1. The van der Waals surface area contributed by atoms with Crippen molar-refractivity contribution in [3.8, 4) is 0 Å². The largest absolute Gasteiger partial charge is 0.395 e. The summed E-state index contributed by atoms with van der Waals surface area (Å²) in [5.74, 6) is 0. The van der Waals surface area contributed by atoms with Gasteiger partial charge in [0.15, 0.2) is 6.29 Å². The van der Waals surface area contributed by atoms with Gasteiger partial charge in [-0.3, -0.25) is 0 Å². The minimum absolute atomic E-state index is 0.0477. The van der Waals surface area contributed by atoms with Gasteiger partial charge in [0.2, 0.25) is 0 Å². The summed E-state index contributed by atoms with van der Waals surface area (Å²) in [7, 11) is 0. The van der Waals surface area contributed by atoms with Crippen LogP contribution in [-0.2, 0) is 9.47 Å². The zero-order valence-corrected chi connectivity index (χ0v) is 8.11. The van der Waals surface area contributed by atoms with Crippen molar-refractivity contribution < 1.29 is 14.6 Å². The molecule has 1 saturated heterocycles. The number of rotatable bonds is 4. The molecule has 1 rings (SSSR count). The molecule has 4 nitrogen and oxygen atoms in total. The Morgan fingerprint density at radius 1 is 1.62 bits per heavy atom. The summed E-state index contributed by atoms with van der Waals surface area (Å²) in [5.41, 5.74) is 5.60. The average molecular weight is 189 g/mol. The van der Waals surface area contributed by atoms with Crippen LogP contribution in [0.2, 0.25) is 0 Å². The number of ether oxygens (including phenoxy) is 2. The van der Waals surface area contributed by atoms with E-state index in [1.807, 2.05) is 6.92 Å². The number of nitrogens with two attached hydrogens (primary N) is 1. The second-order valence-electron chi connectivity index (χ2n) is 3.48. The van der Waals surface area contributed by atoms with Crippen LogP contribution >= 0.6 is 0 Å².